The molecule has 2 rings (SSSR count). The Morgan fingerprint density at radius 1 is 1.10 bits per heavy atom. The predicted molar refractivity (Wildman–Crippen MR) is 77.8 cm³/mol. The van der Waals surface area contributed by atoms with E-state index < -0.39 is 17.1 Å². The topological polar surface area (TPSA) is 4.36 Å². The van der Waals surface area contributed by atoms with E-state index in [0.29, 0.717) is 4.90 Å². The number of benzene rings is 2. The van der Waals surface area contributed by atoms with Crippen LogP contribution in [-0.2, 0) is 6.18 Å². The second kappa shape index (κ2) is 6.23. The summed E-state index contributed by atoms with van der Waals surface area (Å²) in [4.78, 5) is 3.94. The molecule has 2 aromatic rings. The van der Waals surface area contributed by atoms with Crippen molar-refractivity contribution in [1.29, 1.82) is 0 Å². The van der Waals surface area contributed by atoms with Crippen molar-refractivity contribution in [1.82, 2.24) is 0 Å². The highest BCUT2D eigenvalue weighted by Gasteiger charge is 2.33. The molecule has 0 N–H and O–H groups in total. The molecule has 2 aromatic carbocycles. The van der Waals surface area contributed by atoms with E-state index in [1.54, 1.807) is 18.2 Å². The lowest BCUT2D eigenvalue weighted by atomic mass is 10.1. The molecule has 0 saturated carbocycles. The summed E-state index contributed by atoms with van der Waals surface area (Å²) in [6.07, 6.45) is -4.37. The van der Waals surface area contributed by atoms with Crippen molar-refractivity contribution in [2.45, 2.75) is 23.4 Å². The zero-order chi connectivity index (χ0) is 15.5. The van der Waals surface area contributed by atoms with E-state index in [4.69, 9.17) is 6.57 Å². The van der Waals surface area contributed by atoms with E-state index in [2.05, 4.69) is 4.85 Å². The van der Waals surface area contributed by atoms with Gasteiger partial charge in [0.2, 0.25) is 0 Å². The Morgan fingerprint density at radius 3 is 2.33 bits per heavy atom. The molecule has 0 aliphatic rings. The lowest BCUT2D eigenvalue weighted by Crippen LogP contribution is -2.07. The fourth-order valence-corrected chi connectivity index (χ4v) is 2.83. The first-order valence-electron chi connectivity index (χ1n) is 6.18. The number of nitrogens with zero attached hydrogens (tertiary/aromatic N) is 1. The van der Waals surface area contributed by atoms with Crippen LogP contribution in [0.1, 0.15) is 22.1 Å². The van der Waals surface area contributed by atoms with Gasteiger partial charge in [-0.1, -0.05) is 36.4 Å². The van der Waals surface area contributed by atoms with Crippen LogP contribution in [0.4, 0.5) is 13.2 Å². The Labute approximate surface area is 125 Å². The first-order valence-corrected chi connectivity index (χ1v) is 7.06. The maximum absolute atomic E-state index is 12.9. The minimum Gasteiger partial charge on any atom is -0.296 e. The molecule has 0 heterocycles. The summed E-state index contributed by atoms with van der Waals surface area (Å²) in [5, 5.41) is -0.546. The number of alkyl halides is 3. The Hall–Kier alpha value is -1.93. The molecule has 1 unspecified atom stereocenters. The minimum absolute atomic E-state index is 0.186. The van der Waals surface area contributed by atoms with Crippen molar-refractivity contribution >= 4 is 11.8 Å². The molecule has 0 amide bonds. The van der Waals surface area contributed by atoms with Gasteiger partial charge in [0.05, 0.1) is 5.56 Å². The van der Waals surface area contributed by atoms with E-state index in [0.717, 1.165) is 23.4 Å². The minimum atomic E-state index is -4.37. The van der Waals surface area contributed by atoms with Crippen LogP contribution in [0, 0.1) is 13.5 Å². The highest BCUT2D eigenvalue weighted by atomic mass is 32.2. The second-order valence-corrected chi connectivity index (χ2v) is 5.64. The standard InChI is InChI=1S/C16H12F3NS/c1-11-8-9-13(10-14(11)16(17,18)19)21-15(20-2)12-6-4-3-5-7-12/h3-10,15H,1H3. The van der Waals surface area contributed by atoms with Gasteiger partial charge in [-0.2, -0.15) is 13.2 Å². The maximum Gasteiger partial charge on any atom is 0.416 e. The Kier molecular flexibility index (Phi) is 4.59. The smallest absolute Gasteiger partial charge is 0.296 e. The predicted octanol–water partition coefficient (Wildman–Crippen LogP) is 5.72. The zero-order valence-corrected chi connectivity index (χ0v) is 12.0. The monoisotopic (exact) mass is 307 g/mol. The average Bonchev–Trinajstić information content (AvgIpc) is 2.46. The van der Waals surface area contributed by atoms with Gasteiger partial charge >= 0.3 is 6.18 Å². The largest absolute Gasteiger partial charge is 0.416 e. The zero-order valence-electron chi connectivity index (χ0n) is 11.2. The van der Waals surface area contributed by atoms with Crippen molar-refractivity contribution < 1.29 is 13.2 Å². The summed E-state index contributed by atoms with van der Waals surface area (Å²) >= 11 is 1.13. The fourth-order valence-electron chi connectivity index (χ4n) is 1.90. The normalized spacial score (nSPS) is 12.7. The van der Waals surface area contributed by atoms with Gasteiger partial charge in [0.25, 0.3) is 5.37 Å². The SMILES string of the molecule is [C-]#[N+]C(Sc1ccc(C)c(C(F)(F)F)c1)c1ccccc1. The molecule has 21 heavy (non-hydrogen) atoms. The van der Waals surface area contributed by atoms with Crippen molar-refractivity contribution in [3.8, 4) is 0 Å². The third-order valence-electron chi connectivity index (χ3n) is 2.96. The van der Waals surface area contributed by atoms with Gasteiger partial charge in [-0.05, 0) is 36.4 Å². The summed E-state index contributed by atoms with van der Waals surface area (Å²) in [5.74, 6) is 0. The Balaban J connectivity index is 2.29. The van der Waals surface area contributed by atoms with Gasteiger partial charge in [-0.3, -0.25) is 4.85 Å². The molecule has 0 spiro atoms. The molecule has 0 bridgehead atoms. The molecule has 0 aliphatic carbocycles. The summed E-state index contributed by atoms with van der Waals surface area (Å²) < 4.78 is 38.7. The Bertz CT molecular complexity index is 659. The molecule has 0 aliphatic heterocycles. The van der Waals surface area contributed by atoms with Crippen molar-refractivity contribution in [2.75, 3.05) is 0 Å². The van der Waals surface area contributed by atoms with Crippen molar-refractivity contribution in [3.05, 3.63) is 76.6 Å². The molecule has 1 nitrogen and oxygen atoms in total. The van der Waals surface area contributed by atoms with Crippen LogP contribution in [0.5, 0.6) is 0 Å². The number of aryl methyl sites for hydroxylation is 1. The number of halogens is 3. The molecule has 108 valence electrons. The first-order chi connectivity index (χ1) is 9.91. The number of thioether (sulfide) groups is 1. The van der Waals surface area contributed by atoms with Crippen molar-refractivity contribution in [3.63, 3.8) is 0 Å². The third kappa shape index (κ3) is 3.79. The van der Waals surface area contributed by atoms with E-state index in [-0.39, 0.29) is 5.56 Å². The molecule has 0 fully saturated rings. The summed E-state index contributed by atoms with van der Waals surface area (Å²) in [6, 6.07) is 13.2. The summed E-state index contributed by atoms with van der Waals surface area (Å²) in [6.45, 7) is 8.68. The van der Waals surface area contributed by atoms with E-state index in [1.807, 2.05) is 18.2 Å². The van der Waals surface area contributed by atoms with Crippen LogP contribution in [0.25, 0.3) is 4.85 Å². The first kappa shape index (κ1) is 15.5. The number of hydrogen-bond acceptors (Lipinski definition) is 1. The van der Waals surface area contributed by atoms with Gasteiger partial charge in [0, 0.05) is 10.5 Å². The Morgan fingerprint density at radius 2 is 1.76 bits per heavy atom. The van der Waals surface area contributed by atoms with Crippen LogP contribution >= 0.6 is 11.8 Å². The van der Waals surface area contributed by atoms with E-state index in [9.17, 15) is 13.2 Å². The van der Waals surface area contributed by atoms with Gasteiger partial charge < -0.3 is 0 Å². The molecule has 0 aromatic heterocycles. The molecule has 1 atom stereocenters. The lowest BCUT2D eigenvalue weighted by Gasteiger charge is -2.12. The lowest BCUT2D eigenvalue weighted by molar-refractivity contribution is -0.138. The van der Waals surface area contributed by atoms with Gasteiger partial charge in [0.1, 0.15) is 0 Å². The third-order valence-corrected chi connectivity index (χ3v) is 4.09. The molecular weight excluding hydrogens is 295 g/mol. The van der Waals surface area contributed by atoms with Crippen LogP contribution in [0.15, 0.2) is 53.4 Å². The highest BCUT2D eigenvalue weighted by molar-refractivity contribution is 7.99. The fraction of sp³-hybridized carbons (Fsp3) is 0.188. The van der Waals surface area contributed by atoms with Crippen LogP contribution in [0.3, 0.4) is 0 Å². The van der Waals surface area contributed by atoms with Crippen LogP contribution < -0.4 is 0 Å². The van der Waals surface area contributed by atoms with Gasteiger partial charge in [-0.25, -0.2) is 6.57 Å². The van der Waals surface area contributed by atoms with Crippen LogP contribution in [0.2, 0.25) is 0 Å². The second-order valence-electron chi connectivity index (χ2n) is 4.48. The van der Waals surface area contributed by atoms with Gasteiger partial charge in [0.15, 0.2) is 0 Å². The average molecular weight is 307 g/mol. The van der Waals surface area contributed by atoms with Crippen molar-refractivity contribution in [2.24, 2.45) is 0 Å². The molecule has 0 saturated heterocycles. The number of hydrogen-bond donors (Lipinski definition) is 0. The summed E-state index contributed by atoms with van der Waals surface area (Å²) in [5.41, 5.74) is 0.321. The van der Waals surface area contributed by atoms with E-state index in [1.165, 1.54) is 13.0 Å². The number of rotatable bonds is 3. The molecule has 0 radical (unpaired) electrons. The van der Waals surface area contributed by atoms with E-state index >= 15 is 0 Å². The van der Waals surface area contributed by atoms with Crippen LogP contribution in [-0.4, -0.2) is 0 Å². The molecular formula is C16H12F3NS. The maximum atomic E-state index is 12.9. The highest BCUT2D eigenvalue weighted by Crippen LogP contribution is 2.40. The quantitative estimate of drug-likeness (QED) is 0.518. The molecule has 5 heteroatoms. The van der Waals surface area contributed by atoms with Gasteiger partial charge in [-0.15, -0.1) is 0 Å². The summed E-state index contributed by atoms with van der Waals surface area (Å²) in [7, 11) is 0.